The van der Waals surface area contributed by atoms with Crippen LogP contribution in [0.5, 0.6) is 23.0 Å². The van der Waals surface area contributed by atoms with Gasteiger partial charge in [0.25, 0.3) is 5.91 Å². The number of ether oxygens (including phenoxy) is 3. The number of nitrogens with one attached hydrogen (secondary N) is 2. The summed E-state index contributed by atoms with van der Waals surface area (Å²) in [5.41, 5.74) is 1.12. The van der Waals surface area contributed by atoms with Gasteiger partial charge in [-0.05, 0) is 83.8 Å². The maximum atomic E-state index is 13.8. The number of anilines is 1. The molecular weight excluding hydrogens is 652 g/mol. The first-order chi connectivity index (χ1) is 21.3. The van der Waals surface area contributed by atoms with E-state index in [1.165, 1.54) is 0 Å². The van der Waals surface area contributed by atoms with Crippen molar-refractivity contribution in [3.63, 3.8) is 0 Å². The van der Waals surface area contributed by atoms with Gasteiger partial charge in [-0.1, -0.05) is 42.5 Å². The summed E-state index contributed by atoms with van der Waals surface area (Å²) in [5, 5.41) is 25.0. The van der Waals surface area contributed by atoms with E-state index in [1.807, 2.05) is 42.5 Å². The Bertz CT molecular complexity index is 1640. The molecule has 0 spiro atoms. The second-order valence-electron chi connectivity index (χ2n) is 9.95. The van der Waals surface area contributed by atoms with Gasteiger partial charge in [0.05, 0.1) is 15.0 Å². The number of aromatic carboxylic acids is 1. The standard InChI is InChI=1S/C32H29BrN2O8S/c33-26-28(41-18-25(36)37)30(32(39)40)44-29(26)20-7-6-10-22(17-20)43-27(19-13-15-34-16-14-19)31(38)35-23-11-4-5-12-24(23)42-21-8-2-1-3-9-21/h1-12,17,19,27,34H,13-16,18H2,(H,35,38)(H,36,37)(H,39,40). The summed E-state index contributed by atoms with van der Waals surface area (Å²) >= 11 is 4.33. The molecule has 4 N–H and O–H groups in total. The minimum Gasteiger partial charge on any atom is -0.480 e. The number of benzene rings is 3. The van der Waals surface area contributed by atoms with Gasteiger partial charge in [0.15, 0.2) is 29.1 Å². The van der Waals surface area contributed by atoms with E-state index in [0.717, 1.165) is 37.3 Å². The summed E-state index contributed by atoms with van der Waals surface area (Å²) in [4.78, 5) is 37.1. The fourth-order valence-electron chi connectivity index (χ4n) is 4.83. The van der Waals surface area contributed by atoms with Gasteiger partial charge in [-0.25, -0.2) is 9.59 Å². The molecule has 1 aliphatic rings. The van der Waals surface area contributed by atoms with E-state index in [2.05, 4.69) is 26.6 Å². The van der Waals surface area contributed by atoms with Gasteiger partial charge in [0, 0.05) is 5.92 Å². The minimum atomic E-state index is -1.24. The summed E-state index contributed by atoms with van der Waals surface area (Å²) in [6.45, 7) is 0.820. The lowest BCUT2D eigenvalue weighted by atomic mass is 9.91. The van der Waals surface area contributed by atoms with Crippen LogP contribution in [0.25, 0.3) is 10.4 Å². The zero-order chi connectivity index (χ0) is 31.1. The van der Waals surface area contributed by atoms with E-state index in [4.69, 9.17) is 19.3 Å². The lowest BCUT2D eigenvalue weighted by Gasteiger charge is -2.30. The Hall–Kier alpha value is -4.39. The summed E-state index contributed by atoms with van der Waals surface area (Å²) in [7, 11) is 0. The number of rotatable bonds is 12. The van der Waals surface area contributed by atoms with Gasteiger partial charge in [0.1, 0.15) is 11.5 Å². The Morgan fingerprint density at radius 1 is 0.955 bits per heavy atom. The molecule has 5 rings (SSSR count). The van der Waals surface area contributed by atoms with Crippen molar-refractivity contribution in [2.45, 2.75) is 18.9 Å². The van der Waals surface area contributed by atoms with Crippen LogP contribution in [-0.2, 0) is 9.59 Å². The van der Waals surface area contributed by atoms with E-state index < -0.39 is 24.6 Å². The average molecular weight is 682 g/mol. The van der Waals surface area contributed by atoms with Crippen LogP contribution in [0.2, 0.25) is 0 Å². The maximum absolute atomic E-state index is 13.8. The minimum absolute atomic E-state index is 0.0606. The van der Waals surface area contributed by atoms with Gasteiger partial charge in [-0.15, -0.1) is 11.3 Å². The van der Waals surface area contributed by atoms with Crippen molar-refractivity contribution >= 4 is 50.8 Å². The first-order valence-corrected chi connectivity index (χ1v) is 15.4. The number of hydrogen-bond donors (Lipinski definition) is 4. The molecule has 10 nitrogen and oxygen atoms in total. The van der Waals surface area contributed by atoms with Crippen LogP contribution in [0.1, 0.15) is 22.5 Å². The molecule has 3 aromatic carbocycles. The number of para-hydroxylation sites is 3. The van der Waals surface area contributed by atoms with Crippen LogP contribution in [0.3, 0.4) is 0 Å². The number of thiophene rings is 1. The highest BCUT2D eigenvalue weighted by Gasteiger charge is 2.32. The number of carboxylic acids is 2. The predicted octanol–water partition coefficient (Wildman–Crippen LogP) is 6.52. The molecule has 44 heavy (non-hydrogen) atoms. The van der Waals surface area contributed by atoms with Crippen molar-refractivity contribution in [1.29, 1.82) is 0 Å². The summed E-state index contributed by atoms with van der Waals surface area (Å²) in [6.07, 6.45) is 0.652. The molecular formula is C32H29BrN2O8S. The number of carbonyl (C=O) groups excluding carboxylic acids is 1. The molecule has 1 atom stereocenters. The number of aliphatic carboxylic acids is 1. The molecule has 1 fully saturated rings. The largest absolute Gasteiger partial charge is 0.480 e. The first kappa shape index (κ1) is 31.0. The first-order valence-electron chi connectivity index (χ1n) is 13.8. The molecule has 1 unspecified atom stereocenters. The van der Waals surface area contributed by atoms with Gasteiger partial charge in [0.2, 0.25) is 0 Å². The van der Waals surface area contributed by atoms with Gasteiger partial charge in [-0.2, -0.15) is 0 Å². The lowest BCUT2D eigenvalue weighted by molar-refractivity contribution is -0.139. The third-order valence-electron chi connectivity index (χ3n) is 6.89. The molecule has 2 heterocycles. The number of piperidine rings is 1. The van der Waals surface area contributed by atoms with Crippen LogP contribution in [0.4, 0.5) is 5.69 Å². The molecule has 12 heteroatoms. The molecule has 1 amide bonds. The number of carbonyl (C=O) groups is 3. The number of carboxylic acid groups (broad SMARTS) is 2. The summed E-state index contributed by atoms with van der Waals surface area (Å²) in [6, 6.07) is 23.5. The summed E-state index contributed by atoms with van der Waals surface area (Å²) in [5.74, 6) is -1.36. The van der Waals surface area contributed by atoms with Crippen LogP contribution in [0.15, 0.2) is 83.3 Å². The molecule has 0 aliphatic carbocycles. The van der Waals surface area contributed by atoms with E-state index in [1.54, 1.807) is 36.4 Å². The van der Waals surface area contributed by atoms with E-state index in [-0.39, 0.29) is 22.5 Å². The zero-order valence-electron chi connectivity index (χ0n) is 23.3. The molecule has 228 valence electrons. The van der Waals surface area contributed by atoms with Crippen LogP contribution >= 0.6 is 27.3 Å². The summed E-state index contributed by atoms with van der Waals surface area (Å²) < 4.78 is 18.0. The molecule has 1 saturated heterocycles. The van der Waals surface area contributed by atoms with Crippen molar-refractivity contribution < 1.29 is 38.8 Å². The van der Waals surface area contributed by atoms with E-state index >= 15 is 0 Å². The Kier molecular flexibility index (Phi) is 10.2. The predicted molar refractivity (Wildman–Crippen MR) is 169 cm³/mol. The van der Waals surface area contributed by atoms with Gasteiger partial charge < -0.3 is 35.1 Å². The molecule has 0 saturated carbocycles. The van der Waals surface area contributed by atoms with Crippen molar-refractivity contribution in [2.75, 3.05) is 25.0 Å². The Morgan fingerprint density at radius 2 is 1.66 bits per heavy atom. The van der Waals surface area contributed by atoms with Gasteiger partial charge >= 0.3 is 11.9 Å². The highest BCUT2D eigenvalue weighted by Crippen LogP contribution is 2.46. The maximum Gasteiger partial charge on any atom is 0.349 e. The molecule has 0 bridgehead atoms. The van der Waals surface area contributed by atoms with Crippen molar-refractivity contribution in [3.05, 3.63) is 88.2 Å². The molecule has 4 aromatic rings. The van der Waals surface area contributed by atoms with Crippen LogP contribution < -0.4 is 24.8 Å². The topological polar surface area (TPSA) is 143 Å². The smallest absolute Gasteiger partial charge is 0.349 e. The molecule has 1 aromatic heterocycles. The monoisotopic (exact) mass is 680 g/mol. The van der Waals surface area contributed by atoms with Crippen LogP contribution in [-0.4, -0.2) is 53.9 Å². The van der Waals surface area contributed by atoms with Crippen molar-refractivity contribution in [1.82, 2.24) is 5.32 Å². The fraction of sp³-hybridized carbons (Fsp3) is 0.219. The second kappa shape index (κ2) is 14.4. The van der Waals surface area contributed by atoms with Crippen molar-refractivity contribution in [2.24, 2.45) is 5.92 Å². The highest BCUT2D eigenvalue weighted by molar-refractivity contribution is 9.10. The van der Waals surface area contributed by atoms with E-state index in [9.17, 15) is 19.5 Å². The molecule has 1 aliphatic heterocycles. The third kappa shape index (κ3) is 7.57. The fourth-order valence-corrected chi connectivity index (χ4v) is 6.72. The number of hydrogen-bond acceptors (Lipinski definition) is 8. The molecule has 0 radical (unpaired) electrons. The normalized spacial score (nSPS) is 13.9. The second-order valence-corrected chi connectivity index (χ2v) is 11.8. The highest BCUT2D eigenvalue weighted by atomic mass is 79.9. The average Bonchev–Trinajstić information content (AvgIpc) is 3.37. The number of amides is 1. The van der Waals surface area contributed by atoms with Gasteiger partial charge in [-0.3, -0.25) is 4.79 Å². The van der Waals surface area contributed by atoms with Crippen molar-refractivity contribution in [3.8, 4) is 33.4 Å². The quantitative estimate of drug-likeness (QED) is 0.132. The van der Waals surface area contributed by atoms with E-state index in [0.29, 0.717) is 37.8 Å². The third-order valence-corrected chi connectivity index (χ3v) is 9.12. The number of halogens is 1. The zero-order valence-corrected chi connectivity index (χ0v) is 25.7. The Labute approximate surface area is 265 Å². The van der Waals surface area contributed by atoms with Crippen LogP contribution in [0, 0.1) is 5.92 Å². The SMILES string of the molecule is O=C(O)COc1c(C(=O)O)sc(-c2cccc(OC(C(=O)Nc3ccccc3Oc3ccccc3)C3CCNCC3)c2)c1Br. The Morgan fingerprint density at radius 3 is 2.39 bits per heavy atom. The Balaban J connectivity index is 1.41. The lowest BCUT2D eigenvalue weighted by Crippen LogP contribution is -2.44.